The Hall–Kier alpha value is -4.66. The molecule has 1 aromatic heterocycles. The number of amides is 2. The van der Waals surface area contributed by atoms with Gasteiger partial charge in [-0.15, -0.1) is 0 Å². The third-order valence-electron chi connectivity index (χ3n) is 6.43. The second kappa shape index (κ2) is 8.23. The molecule has 9 heteroatoms. The molecule has 3 aromatic rings. The Morgan fingerprint density at radius 3 is 2.33 bits per heavy atom. The molecule has 0 saturated carbocycles. The molecule has 36 heavy (non-hydrogen) atoms. The minimum absolute atomic E-state index is 0.0263. The molecule has 0 atom stereocenters. The molecule has 2 aliphatic heterocycles. The van der Waals surface area contributed by atoms with Gasteiger partial charge in [0.25, 0.3) is 11.8 Å². The Labute approximate surface area is 203 Å². The van der Waals surface area contributed by atoms with Crippen molar-refractivity contribution in [3.8, 4) is 0 Å². The summed E-state index contributed by atoms with van der Waals surface area (Å²) in [5, 5.41) is -0.0511. The van der Waals surface area contributed by atoms with Crippen LogP contribution in [0.3, 0.4) is 0 Å². The van der Waals surface area contributed by atoms with Crippen LogP contribution in [0.5, 0.6) is 0 Å². The number of cyclic esters (lactones) is 1. The van der Waals surface area contributed by atoms with E-state index in [-0.39, 0.29) is 33.8 Å². The lowest BCUT2D eigenvalue weighted by Crippen LogP contribution is -2.32. The molecular weight excluding hydrogens is 467 g/mol. The molecule has 1 aliphatic carbocycles. The van der Waals surface area contributed by atoms with Crippen LogP contribution >= 0.6 is 0 Å². The largest absolute Gasteiger partial charge is 0.463 e. The van der Waals surface area contributed by atoms with Crippen molar-refractivity contribution >= 4 is 46.4 Å². The summed E-state index contributed by atoms with van der Waals surface area (Å²) in [6, 6.07) is 10.9. The standard InChI is InChI=1S/C27H17FN2O6/c28-19-12-22-18(11-21(19)30-25(32)16-8-4-5-9-17(16)26(30)33)23(31)15(13-35-22)10-20-27(34)36-24(29-20)14-6-2-1-3-7-14/h1-3,6-7,10-13H,4-5,8-9H2/b20-10-. The highest BCUT2D eigenvalue weighted by atomic mass is 19.1. The molecule has 2 amide bonds. The summed E-state index contributed by atoms with van der Waals surface area (Å²) in [5.74, 6) is -2.63. The molecule has 0 saturated heterocycles. The fraction of sp³-hybridized carbons (Fsp3) is 0.148. The van der Waals surface area contributed by atoms with E-state index < -0.39 is 29.0 Å². The van der Waals surface area contributed by atoms with Gasteiger partial charge in [-0.25, -0.2) is 19.1 Å². The smallest absolute Gasteiger partial charge is 0.363 e. The Morgan fingerprint density at radius 2 is 1.64 bits per heavy atom. The van der Waals surface area contributed by atoms with Gasteiger partial charge >= 0.3 is 5.97 Å². The van der Waals surface area contributed by atoms with E-state index in [9.17, 15) is 23.6 Å². The van der Waals surface area contributed by atoms with Gasteiger partial charge in [0.05, 0.1) is 16.6 Å². The van der Waals surface area contributed by atoms with Crippen LogP contribution in [0.2, 0.25) is 0 Å². The summed E-state index contributed by atoms with van der Waals surface area (Å²) in [4.78, 5) is 56.4. The number of anilines is 1. The number of rotatable bonds is 3. The van der Waals surface area contributed by atoms with Crippen molar-refractivity contribution < 1.29 is 27.9 Å². The SMILES string of the molecule is O=C1OC(c2ccccc2)=N/C1=C\c1coc2cc(F)c(N3C(=O)C4=C(CCCC4)C3=O)cc2c1=O. The zero-order chi connectivity index (χ0) is 25.0. The van der Waals surface area contributed by atoms with Crippen LogP contribution in [0, 0.1) is 5.82 Å². The monoisotopic (exact) mass is 484 g/mol. The maximum atomic E-state index is 15.0. The minimum Gasteiger partial charge on any atom is -0.463 e. The molecule has 178 valence electrons. The Balaban J connectivity index is 1.41. The number of carbonyl (C=O) groups excluding carboxylic acids is 3. The van der Waals surface area contributed by atoms with Crippen LogP contribution in [-0.2, 0) is 19.1 Å². The second-order valence-corrected chi connectivity index (χ2v) is 8.63. The molecule has 6 rings (SSSR count). The first kappa shape index (κ1) is 21.8. The number of nitrogens with zero attached hydrogens (tertiary/aromatic N) is 2. The highest BCUT2D eigenvalue weighted by molar-refractivity contribution is 6.33. The van der Waals surface area contributed by atoms with E-state index in [1.54, 1.807) is 24.3 Å². The zero-order valence-electron chi connectivity index (χ0n) is 18.7. The predicted molar refractivity (Wildman–Crippen MR) is 127 cm³/mol. The number of aliphatic imine (C=N–C) groups is 1. The average molecular weight is 484 g/mol. The summed E-state index contributed by atoms with van der Waals surface area (Å²) in [5.41, 5.74) is 0.308. The highest BCUT2D eigenvalue weighted by Gasteiger charge is 2.41. The third kappa shape index (κ3) is 3.39. The molecular formula is C27H17FN2O6. The van der Waals surface area contributed by atoms with Crippen LogP contribution in [0.25, 0.3) is 17.0 Å². The number of halogens is 1. The van der Waals surface area contributed by atoms with Gasteiger partial charge < -0.3 is 9.15 Å². The molecule has 0 radical (unpaired) electrons. The first-order chi connectivity index (χ1) is 17.4. The van der Waals surface area contributed by atoms with Gasteiger partial charge in [0.2, 0.25) is 5.90 Å². The van der Waals surface area contributed by atoms with E-state index in [2.05, 4.69) is 4.99 Å². The lowest BCUT2D eigenvalue weighted by Gasteiger charge is -2.16. The van der Waals surface area contributed by atoms with Crippen molar-refractivity contribution in [1.29, 1.82) is 0 Å². The molecule has 8 nitrogen and oxygen atoms in total. The van der Waals surface area contributed by atoms with Gasteiger partial charge in [0.15, 0.2) is 16.9 Å². The summed E-state index contributed by atoms with van der Waals surface area (Å²) < 4.78 is 25.6. The van der Waals surface area contributed by atoms with Crippen LogP contribution < -0.4 is 10.3 Å². The van der Waals surface area contributed by atoms with Crippen LogP contribution in [0.1, 0.15) is 36.8 Å². The quantitative estimate of drug-likeness (QED) is 0.316. The second-order valence-electron chi connectivity index (χ2n) is 8.63. The molecule has 0 fully saturated rings. The summed E-state index contributed by atoms with van der Waals surface area (Å²) in [7, 11) is 0. The third-order valence-corrected chi connectivity index (χ3v) is 6.43. The van der Waals surface area contributed by atoms with Crippen LogP contribution in [-0.4, -0.2) is 23.7 Å². The lowest BCUT2D eigenvalue weighted by molar-refractivity contribution is -0.130. The number of fused-ring (bicyclic) bond motifs is 1. The van der Waals surface area contributed by atoms with Gasteiger partial charge in [-0.2, -0.15) is 0 Å². The average Bonchev–Trinajstić information content (AvgIpc) is 3.38. The molecule has 0 bridgehead atoms. The molecule has 0 unspecified atom stereocenters. The van der Waals surface area contributed by atoms with E-state index in [1.807, 2.05) is 6.07 Å². The maximum Gasteiger partial charge on any atom is 0.363 e. The molecule has 3 aliphatic rings. The Kier molecular flexibility index (Phi) is 4.99. The lowest BCUT2D eigenvalue weighted by atomic mass is 9.93. The van der Waals surface area contributed by atoms with Gasteiger partial charge in [0.1, 0.15) is 11.8 Å². The van der Waals surface area contributed by atoms with E-state index in [0.717, 1.165) is 36.1 Å². The first-order valence-corrected chi connectivity index (χ1v) is 11.4. The molecule has 3 heterocycles. The fourth-order valence-electron chi connectivity index (χ4n) is 4.64. The number of ether oxygens (including phenoxy) is 1. The summed E-state index contributed by atoms with van der Waals surface area (Å²) in [6.07, 6.45) is 4.81. The number of benzene rings is 2. The van der Waals surface area contributed by atoms with Crippen LogP contribution in [0.4, 0.5) is 10.1 Å². The minimum atomic E-state index is -0.866. The Morgan fingerprint density at radius 1 is 0.944 bits per heavy atom. The van der Waals surface area contributed by atoms with Gasteiger partial charge in [0, 0.05) is 22.8 Å². The van der Waals surface area contributed by atoms with E-state index in [4.69, 9.17) is 9.15 Å². The number of imide groups is 1. The summed E-state index contributed by atoms with van der Waals surface area (Å²) in [6.45, 7) is 0. The number of hydrogen-bond donors (Lipinski definition) is 0. The number of carbonyl (C=O) groups is 3. The predicted octanol–water partition coefficient (Wildman–Crippen LogP) is 4.02. The van der Waals surface area contributed by atoms with Crippen molar-refractivity contribution in [3.63, 3.8) is 0 Å². The molecule has 0 N–H and O–H groups in total. The van der Waals surface area contributed by atoms with Crippen molar-refractivity contribution in [1.82, 2.24) is 0 Å². The summed E-state index contributed by atoms with van der Waals surface area (Å²) >= 11 is 0. The van der Waals surface area contributed by atoms with Gasteiger partial charge in [-0.1, -0.05) is 18.2 Å². The van der Waals surface area contributed by atoms with Crippen molar-refractivity contribution in [2.75, 3.05) is 4.90 Å². The van der Waals surface area contributed by atoms with Crippen LogP contribution in [0.15, 0.2) is 79.8 Å². The Bertz CT molecular complexity index is 1620. The molecule has 2 aromatic carbocycles. The maximum absolute atomic E-state index is 15.0. The normalized spacial score (nSPS) is 18.8. The number of esters is 1. The van der Waals surface area contributed by atoms with Gasteiger partial charge in [-0.3, -0.25) is 14.4 Å². The van der Waals surface area contributed by atoms with Crippen molar-refractivity contribution in [2.45, 2.75) is 25.7 Å². The fourth-order valence-corrected chi connectivity index (χ4v) is 4.64. The van der Waals surface area contributed by atoms with E-state index >= 15 is 0 Å². The van der Waals surface area contributed by atoms with E-state index in [1.165, 1.54) is 6.08 Å². The number of hydrogen-bond acceptors (Lipinski definition) is 7. The topological polar surface area (TPSA) is 106 Å². The van der Waals surface area contributed by atoms with Crippen molar-refractivity contribution in [3.05, 3.63) is 92.7 Å². The zero-order valence-corrected chi connectivity index (χ0v) is 18.7. The first-order valence-electron chi connectivity index (χ1n) is 11.4. The highest BCUT2D eigenvalue weighted by Crippen LogP contribution is 2.37. The van der Waals surface area contributed by atoms with Crippen molar-refractivity contribution in [2.24, 2.45) is 4.99 Å². The molecule has 0 spiro atoms. The van der Waals surface area contributed by atoms with Gasteiger partial charge in [-0.05, 0) is 50.0 Å². The van der Waals surface area contributed by atoms with E-state index in [0.29, 0.717) is 29.6 Å².